The van der Waals surface area contributed by atoms with E-state index in [2.05, 4.69) is 54.6 Å². The molecule has 1 heterocycles. The van der Waals surface area contributed by atoms with E-state index >= 15 is 0 Å². The first kappa shape index (κ1) is 13.8. The van der Waals surface area contributed by atoms with Gasteiger partial charge in [-0.2, -0.15) is 0 Å². The van der Waals surface area contributed by atoms with Crippen LogP contribution in [0.15, 0.2) is 36.8 Å². The van der Waals surface area contributed by atoms with Gasteiger partial charge in [0.1, 0.15) is 0 Å². The molecule has 3 heteroatoms. The first-order valence-electron chi connectivity index (χ1n) is 6.75. The molecule has 0 saturated heterocycles. The van der Waals surface area contributed by atoms with E-state index in [-0.39, 0.29) is 11.6 Å². The standard InChI is InChI=1S/C16H23N3/c1-12(17)9-13-5-7-14(8-6-13)15-10-18-11-19(15)16(2,3)4/h5-8,10-12H,9,17H2,1-4H3. The van der Waals surface area contributed by atoms with Crippen LogP contribution < -0.4 is 5.73 Å². The van der Waals surface area contributed by atoms with Gasteiger partial charge >= 0.3 is 0 Å². The maximum absolute atomic E-state index is 5.82. The van der Waals surface area contributed by atoms with Gasteiger partial charge in [-0.25, -0.2) is 4.98 Å². The number of rotatable bonds is 3. The van der Waals surface area contributed by atoms with Crippen molar-refractivity contribution in [3.05, 3.63) is 42.4 Å². The lowest BCUT2D eigenvalue weighted by molar-refractivity contribution is 0.400. The molecule has 2 N–H and O–H groups in total. The van der Waals surface area contributed by atoms with Gasteiger partial charge in [-0.05, 0) is 45.2 Å². The second-order valence-corrected chi connectivity index (χ2v) is 6.20. The fourth-order valence-corrected chi connectivity index (χ4v) is 2.23. The molecule has 1 aromatic heterocycles. The van der Waals surface area contributed by atoms with Crippen LogP contribution in [0.25, 0.3) is 11.3 Å². The van der Waals surface area contributed by atoms with E-state index in [1.54, 1.807) is 0 Å². The van der Waals surface area contributed by atoms with Crippen LogP contribution in [0.1, 0.15) is 33.3 Å². The van der Waals surface area contributed by atoms with Crippen LogP contribution in [0.3, 0.4) is 0 Å². The fourth-order valence-electron chi connectivity index (χ4n) is 2.23. The van der Waals surface area contributed by atoms with Crippen molar-refractivity contribution in [1.29, 1.82) is 0 Å². The summed E-state index contributed by atoms with van der Waals surface area (Å²) in [5.41, 5.74) is 9.49. The van der Waals surface area contributed by atoms with Crippen LogP contribution in [0.5, 0.6) is 0 Å². The highest BCUT2D eigenvalue weighted by Gasteiger charge is 2.17. The van der Waals surface area contributed by atoms with Crippen molar-refractivity contribution in [2.75, 3.05) is 0 Å². The molecule has 1 unspecified atom stereocenters. The molecule has 0 fully saturated rings. The largest absolute Gasteiger partial charge is 0.328 e. The van der Waals surface area contributed by atoms with Gasteiger partial charge in [-0.3, -0.25) is 0 Å². The zero-order valence-corrected chi connectivity index (χ0v) is 12.2. The first-order valence-corrected chi connectivity index (χ1v) is 6.75. The Morgan fingerprint density at radius 1 is 1.21 bits per heavy atom. The third-order valence-electron chi connectivity index (χ3n) is 3.17. The molecule has 2 rings (SSSR count). The summed E-state index contributed by atoms with van der Waals surface area (Å²) in [6, 6.07) is 8.80. The SMILES string of the molecule is CC(N)Cc1ccc(-c2cncn2C(C)(C)C)cc1. The van der Waals surface area contributed by atoms with Crippen molar-refractivity contribution in [3.8, 4) is 11.3 Å². The predicted molar refractivity (Wildman–Crippen MR) is 80.0 cm³/mol. The van der Waals surface area contributed by atoms with Gasteiger partial charge in [-0.15, -0.1) is 0 Å². The smallest absolute Gasteiger partial charge is 0.0955 e. The van der Waals surface area contributed by atoms with Crippen molar-refractivity contribution < 1.29 is 0 Å². The second-order valence-electron chi connectivity index (χ2n) is 6.20. The summed E-state index contributed by atoms with van der Waals surface area (Å²) < 4.78 is 2.20. The Hall–Kier alpha value is -1.61. The third kappa shape index (κ3) is 3.24. The van der Waals surface area contributed by atoms with Gasteiger partial charge in [0.2, 0.25) is 0 Å². The predicted octanol–water partition coefficient (Wildman–Crippen LogP) is 3.19. The van der Waals surface area contributed by atoms with E-state index in [1.165, 1.54) is 11.1 Å². The number of aromatic nitrogens is 2. The summed E-state index contributed by atoms with van der Waals surface area (Å²) in [6.45, 7) is 8.58. The Morgan fingerprint density at radius 3 is 2.37 bits per heavy atom. The minimum absolute atomic E-state index is 0.0380. The van der Waals surface area contributed by atoms with Gasteiger partial charge in [0.25, 0.3) is 0 Å². The highest BCUT2D eigenvalue weighted by molar-refractivity contribution is 5.59. The van der Waals surface area contributed by atoms with Gasteiger partial charge in [0.15, 0.2) is 0 Å². The zero-order chi connectivity index (χ0) is 14.0. The van der Waals surface area contributed by atoms with Gasteiger partial charge in [0.05, 0.1) is 18.2 Å². The molecule has 0 aliphatic heterocycles. The molecule has 0 radical (unpaired) electrons. The Morgan fingerprint density at radius 2 is 1.84 bits per heavy atom. The van der Waals surface area contributed by atoms with E-state index < -0.39 is 0 Å². The van der Waals surface area contributed by atoms with E-state index in [4.69, 9.17) is 5.73 Å². The number of benzene rings is 1. The van der Waals surface area contributed by atoms with E-state index in [9.17, 15) is 0 Å². The van der Waals surface area contributed by atoms with Crippen LogP contribution in [0.4, 0.5) is 0 Å². The average molecular weight is 257 g/mol. The van der Waals surface area contributed by atoms with Gasteiger partial charge < -0.3 is 10.3 Å². The van der Waals surface area contributed by atoms with Crippen molar-refractivity contribution in [2.24, 2.45) is 5.73 Å². The summed E-state index contributed by atoms with van der Waals surface area (Å²) in [5.74, 6) is 0. The number of imidazole rings is 1. The topological polar surface area (TPSA) is 43.8 Å². The molecular weight excluding hydrogens is 234 g/mol. The molecule has 3 nitrogen and oxygen atoms in total. The monoisotopic (exact) mass is 257 g/mol. The Labute approximate surface area is 115 Å². The average Bonchev–Trinajstić information content (AvgIpc) is 2.77. The van der Waals surface area contributed by atoms with Crippen LogP contribution in [-0.4, -0.2) is 15.6 Å². The summed E-state index contributed by atoms with van der Waals surface area (Å²) in [4.78, 5) is 4.28. The van der Waals surface area contributed by atoms with Gasteiger partial charge in [-0.1, -0.05) is 24.3 Å². The highest BCUT2D eigenvalue weighted by Crippen LogP contribution is 2.25. The Bertz CT molecular complexity index is 530. The minimum atomic E-state index is 0.0380. The summed E-state index contributed by atoms with van der Waals surface area (Å²) in [7, 11) is 0. The molecule has 1 aromatic carbocycles. The molecule has 102 valence electrons. The molecule has 19 heavy (non-hydrogen) atoms. The Kier molecular flexibility index (Phi) is 3.76. The van der Waals surface area contributed by atoms with Crippen molar-refractivity contribution in [1.82, 2.24) is 9.55 Å². The summed E-state index contributed by atoms with van der Waals surface area (Å²) >= 11 is 0. The molecule has 1 atom stereocenters. The zero-order valence-electron chi connectivity index (χ0n) is 12.2. The summed E-state index contributed by atoms with van der Waals surface area (Å²) in [5, 5.41) is 0. The number of hydrogen-bond acceptors (Lipinski definition) is 2. The quantitative estimate of drug-likeness (QED) is 0.917. The Balaban J connectivity index is 2.31. The maximum Gasteiger partial charge on any atom is 0.0955 e. The second kappa shape index (κ2) is 5.17. The molecule has 0 amide bonds. The molecule has 0 aliphatic carbocycles. The van der Waals surface area contributed by atoms with Crippen LogP contribution >= 0.6 is 0 Å². The van der Waals surface area contributed by atoms with Crippen LogP contribution in [0, 0.1) is 0 Å². The lowest BCUT2D eigenvalue weighted by atomic mass is 10.0. The molecule has 0 saturated carbocycles. The third-order valence-corrected chi connectivity index (χ3v) is 3.17. The number of hydrogen-bond donors (Lipinski definition) is 1. The van der Waals surface area contributed by atoms with Crippen molar-refractivity contribution in [2.45, 2.75) is 45.7 Å². The highest BCUT2D eigenvalue weighted by atomic mass is 15.1. The molecule has 0 aliphatic rings. The lowest BCUT2D eigenvalue weighted by Gasteiger charge is -2.23. The van der Waals surface area contributed by atoms with Crippen molar-refractivity contribution in [3.63, 3.8) is 0 Å². The van der Waals surface area contributed by atoms with Gasteiger partial charge in [0, 0.05) is 11.6 Å². The summed E-state index contributed by atoms with van der Waals surface area (Å²) in [6.07, 6.45) is 4.73. The lowest BCUT2D eigenvalue weighted by Crippen LogP contribution is -2.21. The van der Waals surface area contributed by atoms with Crippen molar-refractivity contribution >= 4 is 0 Å². The maximum atomic E-state index is 5.82. The van der Waals surface area contributed by atoms with Crippen LogP contribution in [0.2, 0.25) is 0 Å². The molecule has 2 aromatic rings. The first-order chi connectivity index (χ1) is 8.88. The molecule has 0 bridgehead atoms. The molecular formula is C16H23N3. The van der Waals surface area contributed by atoms with E-state index in [1.807, 2.05) is 19.4 Å². The minimum Gasteiger partial charge on any atom is -0.328 e. The fraction of sp³-hybridized carbons (Fsp3) is 0.438. The van der Waals surface area contributed by atoms with E-state index in [0.717, 1.165) is 12.1 Å². The number of nitrogens with two attached hydrogens (primary N) is 1. The van der Waals surface area contributed by atoms with E-state index in [0.29, 0.717) is 0 Å². The molecule has 0 spiro atoms. The number of nitrogens with zero attached hydrogens (tertiary/aromatic N) is 2. The van der Waals surface area contributed by atoms with Crippen LogP contribution in [-0.2, 0) is 12.0 Å². The normalized spacial score (nSPS) is 13.5.